The number of fused-ring (bicyclic) bond motifs is 1. The number of imidazole rings is 1. The number of amides is 2. The molecule has 3 rings (SSSR count). The number of hydrogen-bond donors (Lipinski definition) is 9. The first-order chi connectivity index (χ1) is 23.3. The summed E-state index contributed by atoms with van der Waals surface area (Å²) in [6, 6.07) is 0. The smallest absolute Gasteiger partial charge is 0.386 e. The van der Waals surface area contributed by atoms with Crippen LogP contribution in [0.3, 0.4) is 0 Å². The molecule has 0 bridgehead atoms. The van der Waals surface area contributed by atoms with Gasteiger partial charge in [-0.3, -0.25) is 27.7 Å². The predicted octanol–water partition coefficient (Wildman–Crippen LogP) is -0.159. The molecule has 290 valence electrons. The van der Waals surface area contributed by atoms with Crippen molar-refractivity contribution in [3.63, 3.8) is 0 Å². The molecule has 23 nitrogen and oxygen atoms in total. The molecule has 7 unspecified atom stereocenters. The maximum Gasteiger partial charge on any atom is 0.481 e. The van der Waals surface area contributed by atoms with Gasteiger partial charge in [-0.1, -0.05) is 34.6 Å². The minimum atomic E-state index is -5.54. The van der Waals surface area contributed by atoms with E-state index < -0.39 is 78.6 Å². The molecule has 1 saturated heterocycles. The Labute approximate surface area is 291 Å². The number of hydrogen-bond acceptors (Lipinski definition) is 16. The van der Waals surface area contributed by atoms with Gasteiger partial charge in [-0.15, -0.1) is 0 Å². The average Bonchev–Trinajstić information content (AvgIpc) is 3.54. The summed E-state index contributed by atoms with van der Waals surface area (Å²) in [6.07, 6.45) is -5.97. The van der Waals surface area contributed by atoms with Crippen molar-refractivity contribution in [2.75, 3.05) is 32.0 Å². The zero-order valence-electron chi connectivity index (χ0n) is 28.3. The van der Waals surface area contributed by atoms with Crippen LogP contribution in [0.15, 0.2) is 12.7 Å². The molecule has 26 heteroatoms. The third kappa shape index (κ3) is 12.9. The Bertz CT molecular complexity index is 1680. The van der Waals surface area contributed by atoms with Crippen molar-refractivity contribution in [2.24, 2.45) is 10.8 Å². The number of aliphatic hydroxyl groups is 2. The number of ether oxygens (including phenoxy) is 1. The topological polar surface area (TPSA) is 347 Å². The molecule has 2 aromatic rings. The number of aliphatic hydroxyl groups excluding tert-OH is 2. The minimum absolute atomic E-state index is 0.0170. The second-order valence-electron chi connectivity index (χ2n) is 13.4. The highest BCUT2D eigenvalue weighted by Gasteiger charge is 2.50. The van der Waals surface area contributed by atoms with Gasteiger partial charge in [0.2, 0.25) is 11.8 Å². The van der Waals surface area contributed by atoms with Crippen LogP contribution in [-0.4, -0.2) is 112 Å². The number of nitrogens with zero attached hydrogens (tertiary/aromatic N) is 4. The van der Waals surface area contributed by atoms with Crippen molar-refractivity contribution in [1.82, 2.24) is 30.2 Å². The van der Waals surface area contributed by atoms with Crippen molar-refractivity contribution in [1.29, 1.82) is 0 Å². The number of rotatable bonds is 18. The maximum atomic E-state index is 12.6. The largest absolute Gasteiger partial charge is 0.481 e. The molecule has 0 spiro atoms. The van der Waals surface area contributed by atoms with Gasteiger partial charge in [0.25, 0.3) is 0 Å². The fourth-order valence-corrected chi connectivity index (χ4v) is 7.35. The lowest BCUT2D eigenvalue weighted by Gasteiger charge is -2.30. The number of anilines is 1. The van der Waals surface area contributed by atoms with Gasteiger partial charge in [-0.2, -0.15) is 4.31 Å². The lowest BCUT2D eigenvalue weighted by atomic mass is 9.87. The number of phosphoric acid groups is 3. The molecule has 1 aliphatic heterocycles. The van der Waals surface area contributed by atoms with E-state index in [2.05, 4.69) is 34.4 Å². The van der Waals surface area contributed by atoms with Crippen LogP contribution >= 0.6 is 23.5 Å². The lowest BCUT2D eigenvalue weighted by molar-refractivity contribution is -0.137. The Morgan fingerprint density at radius 1 is 1.02 bits per heavy atom. The summed E-state index contributed by atoms with van der Waals surface area (Å²) in [6.45, 7) is 6.95. The fourth-order valence-electron chi connectivity index (χ4n) is 4.52. The van der Waals surface area contributed by atoms with Crippen LogP contribution in [0.5, 0.6) is 0 Å². The predicted molar refractivity (Wildman–Crippen MR) is 174 cm³/mol. The van der Waals surface area contributed by atoms with E-state index in [1.54, 1.807) is 0 Å². The highest BCUT2D eigenvalue weighted by atomic mass is 31.3. The first-order valence-corrected chi connectivity index (χ1v) is 19.7. The molecule has 2 aromatic heterocycles. The van der Waals surface area contributed by atoms with Crippen LogP contribution < -0.4 is 16.4 Å². The summed E-state index contributed by atoms with van der Waals surface area (Å²) >= 11 is 0. The van der Waals surface area contributed by atoms with Crippen LogP contribution in [0.25, 0.3) is 11.2 Å². The number of nitrogens with two attached hydrogens (primary N) is 1. The summed E-state index contributed by atoms with van der Waals surface area (Å²) in [5.41, 5.74) is 4.33. The van der Waals surface area contributed by atoms with Crippen LogP contribution in [0.4, 0.5) is 5.82 Å². The van der Waals surface area contributed by atoms with E-state index in [-0.39, 0.29) is 41.3 Å². The molecule has 3 heterocycles. The average molecular weight is 792 g/mol. The maximum absolute atomic E-state index is 12.6. The quantitative estimate of drug-likeness (QED) is 0.0886. The summed E-state index contributed by atoms with van der Waals surface area (Å²) in [4.78, 5) is 75.3. The number of carbonyl (C=O) groups excluding carboxylic acids is 2. The van der Waals surface area contributed by atoms with Crippen LogP contribution in [0.1, 0.15) is 53.7 Å². The van der Waals surface area contributed by atoms with Gasteiger partial charge >= 0.3 is 23.5 Å². The molecule has 2 amide bonds. The van der Waals surface area contributed by atoms with Gasteiger partial charge < -0.3 is 50.9 Å². The Kier molecular flexibility index (Phi) is 14.1. The third-order valence-electron chi connectivity index (χ3n) is 7.27. The van der Waals surface area contributed by atoms with E-state index in [1.807, 2.05) is 20.8 Å². The zero-order chi connectivity index (χ0) is 38.6. The molecule has 0 aliphatic carbocycles. The van der Waals surface area contributed by atoms with Crippen molar-refractivity contribution >= 4 is 52.3 Å². The number of aromatic nitrogens is 4. The first-order valence-electron chi connectivity index (χ1n) is 15.2. The van der Waals surface area contributed by atoms with Crippen LogP contribution in [0, 0.1) is 10.8 Å². The molecular weight excluding hydrogens is 747 g/mol. The minimum Gasteiger partial charge on any atom is -0.386 e. The Morgan fingerprint density at radius 3 is 2.29 bits per heavy atom. The van der Waals surface area contributed by atoms with Crippen LogP contribution in [0.2, 0.25) is 0 Å². The second kappa shape index (κ2) is 16.7. The number of carbonyl (C=O) groups is 2. The molecule has 7 atom stereocenters. The summed E-state index contributed by atoms with van der Waals surface area (Å²) in [7, 11) is -16.3. The molecule has 10 N–H and O–H groups in total. The van der Waals surface area contributed by atoms with Crippen molar-refractivity contribution in [2.45, 2.75) is 78.1 Å². The van der Waals surface area contributed by atoms with Gasteiger partial charge in [0, 0.05) is 24.9 Å². The van der Waals surface area contributed by atoms with E-state index in [9.17, 15) is 53.1 Å². The van der Waals surface area contributed by atoms with Gasteiger partial charge in [-0.25, -0.2) is 28.6 Å². The second-order valence-corrected chi connectivity index (χ2v) is 17.6. The summed E-state index contributed by atoms with van der Waals surface area (Å²) < 4.78 is 62.0. The summed E-state index contributed by atoms with van der Waals surface area (Å²) in [5.74, 6) is -1.29. The highest BCUT2D eigenvalue weighted by molar-refractivity contribution is 7.61. The van der Waals surface area contributed by atoms with Crippen molar-refractivity contribution in [3.8, 4) is 0 Å². The molecule has 0 aromatic carbocycles. The van der Waals surface area contributed by atoms with E-state index >= 15 is 0 Å². The SMILES string of the molecule is CC(C)(C)CCNC(=O)CCNC(=O)C(O)C(C)(C)COP(=O)(O)OP(=O)(O)OCC1OC(n2cnc3c(N)ncnc32)C(O)C1OP(=O)(O)O. The molecular formula is C25H44N7O16P3. The Morgan fingerprint density at radius 2 is 1.67 bits per heavy atom. The standard InChI is InChI=1S/C25H44N7O16P3/c1-24(2,3)7-9-27-15(33)6-8-28-22(36)19(35)25(4,5)11-45-51(42,43)48-50(40,41)44-10-14-18(47-49(37,38)39)17(34)23(46-14)32-13-31-16-20(26)29-12-30-21(16)32/h12-14,17-19,23,34-35H,6-11H2,1-5H3,(H,27,33)(H,28,36)(H,40,41)(H,42,43)(H2,26,29,30)(H2,37,38,39). The zero-order valence-corrected chi connectivity index (χ0v) is 30.9. The van der Waals surface area contributed by atoms with Crippen LogP contribution in [-0.2, 0) is 45.9 Å². The monoisotopic (exact) mass is 791 g/mol. The van der Waals surface area contributed by atoms with E-state index in [0.717, 1.165) is 23.6 Å². The van der Waals surface area contributed by atoms with E-state index in [4.69, 9.17) is 19.5 Å². The molecule has 0 radical (unpaired) electrons. The van der Waals surface area contributed by atoms with E-state index in [1.165, 1.54) is 13.8 Å². The normalized spacial score (nSPS) is 23.0. The number of nitrogens with one attached hydrogen (secondary N) is 2. The molecule has 1 aliphatic rings. The third-order valence-corrected chi connectivity index (χ3v) is 10.4. The summed E-state index contributed by atoms with van der Waals surface area (Å²) in [5, 5.41) is 26.4. The Balaban J connectivity index is 1.56. The molecule has 1 fully saturated rings. The van der Waals surface area contributed by atoms with Gasteiger partial charge in [0.05, 0.1) is 19.5 Å². The lowest BCUT2D eigenvalue weighted by Crippen LogP contribution is -2.46. The number of phosphoric ester groups is 3. The van der Waals surface area contributed by atoms with Crippen molar-refractivity contribution < 1.29 is 75.7 Å². The molecule has 51 heavy (non-hydrogen) atoms. The molecule has 0 saturated carbocycles. The first kappa shape index (κ1) is 42.9. The van der Waals surface area contributed by atoms with Gasteiger partial charge in [-0.05, 0) is 11.8 Å². The highest BCUT2D eigenvalue weighted by Crippen LogP contribution is 2.61. The van der Waals surface area contributed by atoms with Gasteiger partial charge in [0.15, 0.2) is 17.7 Å². The number of nitrogen functional groups attached to an aromatic ring is 1. The van der Waals surface area contributed by atoms with Crippen molar-refractivity contribution in [3.05, 3.63) is 12.7 Å². The fraction of sp³-hybridized carbons (Fsp3) is 0.720. The Hall–Kier alpha value is -2.46. The van der Waals surface area contributed by atoms with Gasteiger partial charge in [0.1, 0.15) is 36.3 Å². The van der Waals surface area contributed by atoms with E-state index in [0.29, 0.717) is 6.54 Å².